The van der Waals surface area contributed by atoms with Crippen molar-refractivity contribution in [2.45, 2.75) is 37.9 Å². The van der Waals surface area contributed by atoms with Crippen molar-refractivity contribution in [1.29, 1.82) is 0 Å². The van der Waals surface area contributed by atoms with Crippen LogP contribution in [0.1, 0.15) is 25.7 Å². The fourth-order valence-corrected chi connectivity index (χ4v) is 1.61. The smallest absolute Gasteiger partial charge is 0.427 e. The van der Waals surface area contributed by atoms with Gasteiger partial charge in [0.15, 0.2) is 0 Å². The van der Waals surface area contributed by atoms with Crippen molar-refractivity contribution in [3.05, 3.63) is 0 Å². The molecule has 2 rings (SSSR count). The summed E-state index contributed by atoms with van der Waals surface area (Å²) in [6.07, 6.45) is 3.96. The first-order chi connectivity index (χ1) is 4.86. The van der Waals surface area contributed by atoms with E-state index in [0.29, 0.717) is 0 Å². The molecule has 3 heteroatoms. The summed E-state index contributed by atoms with van der Waals surface area (Å²) < 4.78 is 9.81. The van der Waals surface area contributed by atoms with Crippen molar-refractivity contribution in [3.63, 3.8) is 0 Å². The summed E-state index contributed by atoms with van der Waals surface area (Å²) in [4.78, 5) is 10.6. The maximum atomic E-state index is 10.6. The van der Waals surface area contributed by atoms with E-state index in [0.717, 1.165) is 25.7 Å². The van der Waals surface area contributed by atoms with Gasteiger partial charge in [-0.1, -0.05) is 0 Å². The first kappa shape index (κ1) is 6.01. The van der Waals surface area contributed by atoms with Gasteiger partial charge >= 0.3 is 6.16 Å². The van der Waals surface area contributed by atoms with Gasteiger partial charge in [0, 0.05) is 0 Å². The van der Waals surface area contributed by atoms with Crippen molar-refractivity contribution in [3.8, 4) is 0 Å². The molecule has 2 aliphatic rings. The Morgan fingerprint density at radius 2 is 1.60 bits per heavy atom. The Hall–Kier alpha value is -0.730. The predicted molar refractivity (Wildman–Crippen MR) is 33.6 cm³/mol. The van der Waals surface area contributed by atoms with Crippen LogP contribution in [0, 0.1) is 0 Å². The SMILES string of the molecule is O=C1OC2CCCC[C@@H]2O1. The fraction of sp³-hybridized carbons (Fsp3) is 0.857. The molecular weight excluding hydrogens is 132 g/mol. The molecule has 0 amide bonds. The fourth-order valence-electron chi connectivity index (χ4n) is 1.61. The Bertz CT molecular complexity index is 139. The molecular formula is C7H10O3. The minimum absolute atomic E-state index is 0.0706. The molecule has 1 saturated carbocycles. The zero-order valence-corrected chi connectivity index (χ0v) is 5.71. The average Bonchev–Trinajstić information content (AvgIpc) is 2.27. The van der Waals surface area contributed by atoms with Crippen molar-refractivity contribution in [1.82, 2.24) is 0 Å². The van der Waals surface area contributed by atoms with Crippen molar-refractivity contribution >= 4 is 6.16 Å². The van der Waals surface area contributed by atoms with Gasteiger partial charge in [-0.2, -0.15) is 0 Å². The van der Waals surface area contributed by atoms with Gasteiger partial charge in [0.2, 0.25) is 0 Å². The number of fused-ring (bicyclic) bond motifs is 1. The maximum Gasteiger partial charge on any atom is 0.509 e. The van der Waals surface area contributed by atoms with Crippen LogP contribution in [-0.4, -0.2) is 18.4 Å². The quantitative estimate of drug-likeness (QED) is 0.480. The van der Waals surface area contributed by atoms with Gasteiger partial charge in [-0.15, -0.1) is 0 Å². The zero-order chi connectivity index (χ0) is 6.97. The minimum Gasteiger partial charge on any atom is -0.427 e. The molecule has 2 fully saturated rings. The maximum absolute atomic E-state index is 10.6. The number of hydrogen-bond donors (Lipinski definition) is 0. The first-order valence-electron chi connectivity index (χ1n) is 3.73. The lowest BCUT2D eigenvalue weighted by Crippen LogP contribution is -2.25. The van der Waals surface area contributed by atoms with Gasteiger partial charge in [0.05, 0.1) is 0 Å². The summed E-state index contributed by atoms with van der Waals surface area (Å²) in [5.41, 5.74) is 0. The van der Waals surface area contributed by atoms with Crippen LogP contribution in [-0.2, 0) is 9.47 Å². The van der Waals surface area contributed by atoms with Crippen LogP contribution >= 0.6 is 0 Å². The molecule has 1 aliphatic heterocycles. The second-order valence-electron chi connectivity index (χ2n) is 2.85. The lowest BCUT2D eigenvalue weighted by molar-refractivity contribution is 0.110. The molecule has 0 radical (unpaired) electrons. The number of rotatable bonds is 0. The van der Waals surface area contributed by atoms with Gasteiger partial charge in [0.25, 0.3) is 0 Å². The van der Waals surface area contributed by atoms with E-state index >= 15 is 0 Å². The Balaban J connectivity index is 2.04. The summed E-state index contributed by atoms with van der Waals surface area (Å²) in [7, 11) is 0. The van der Waals surface area contributed by atoms with E-state index in [1.54, 1.807) is 0 Å². The molecule has 0 aromatic rings. The van der Waals surface area contributed by atoms with E-state index in [1.165, 1.54) is 0 Å². The highest BCUT2D eigenvalue weighted by Crippen LogP contribution is 2.28. The van der Waals surface area contributed by atoms with Crippen LogP contribution < -0.4 is 0 Å². The predicted octanol–water partition coefficient (Wildman–Crippen LogP) is 1.46. The van der Waals surface area contributed by atoms with Gasteiger partial charge in [0.1, 0.15) is 12.2 Å². The molecule has 0 spiro atoms. The molecule has 2 atom stereocenters. The lowest BCUT2D eigenvalue weighted by Gasteiger charge is -2.19. The van der Waals surface area contributed by atoms with Crippen molar-refractivity contribution in [2.24, 2.45) is 0 Å². The molecule has 1 unspecified atom stereocenters. The summed E-state index contributed by atoms with van der Waals surface area (Å²) in [6, 6.07) is 0. The molecule has 0 aromatic carbocycles. The summed E-state index contributed by atoms with van der Waals surface area (Å²) in [5.74, 6) is 0. The van der Waals surface area contributed by atoms with Crippen LogP contribution in [0.5, 0.6) is 0 Å². The molecule has 0 N–H and O–H groups in total. The van der Waals surface area contributed by atoms with E-state index < -0.39 is 6.16 Å². The molecule has 3 nitrogen and oxygen atoms in total. The third-order valence-corrected chi connectivity index (χ3v) is 2.14. The highest BCUT2D eigenvalue weighted by molar-refractivity contribution is 5.62. The van der Waals surface area contributed by atoms with Crippen LogP contribution in [0.25, 0.3) is 0 Å². The van der Waals surface area contributed by atoms with E-state index in [2.05, 4.69) is 0 Å². The number of carbonyl (C=O) groups excluding carboxylic acids is 1. The highest BCUT2D eigenvalue weighted by Gasteiger charge is 2.37. The third-order valence-electron chi connectivity index (χ3n) is 2.14. The average molecular weight is 142 g/mol. The Morgan fingerprint density at radius 1 is 1.10 bits per heavy atom. The summed E-state index contributed by atoms with van der Waals surface area (Å²) in [5, 5.41) is 0. The Labute approximate surface area is 59.3 Å². The van der Waals surface area contributed by atoms with E-state index in [4.69, 9.17) is 9.47 Å². The molecule has 1 heterocycles. The first-order valence-corrected chi connectivity index (χ1v) is 3.73. The van der Waals surface area contributed by atoms with Gasteiger partial charge in [-0.05, 0) is 25.7 Å². The number of ether oxygens (including phenoxy) is 2. The summed E-state index contributed by atoms with van der Waals surface area (Å²) in [6.45, 7) is 0. The van der Waals surface area contributed by atoms with Crippen LogP contribution in [0.4, 0.5) is 4.79 Å². The minimum atomic E-state index is -0.475. The van der Waals surface area contributed by atoms with Gasteiger partial charge in [-0.3, -0.25) is 0 Å². The normalized spacial score (nSPS) is 38.2. The molecule has 10 heavy (non-hydrogen) atoms. The third kappa shape index (κ3) is 0.856. The van der Waals surface area contributed by atoms with E-state index in [9.17, 15) is 4.79 Å². The van der Waals surface area contributed by atoms with E-state index in [-0.39, 0.29) is 12.2 Å². The zero-order valence-electron chi connectivity index (χ0n) is 5.71. The standard InChI is InChI=1S/C7H10O3/c8-7-9-5-3-1-2-4-6(5)10-7/h5-6H,1-4H2/t5-,6?/m0/s1. The van der Waals surface area contributed by atoms with Crippen molar-refractivity contribution in [2.75, 3.05) is 0 Å². The monoisotopic (exact) mass is 142 g/mol. The Kier molecular flexibility index (Phi) is 1.29. The van der Waals surface area contributed by atoms with Gasteiger partial charge < -0.3 is 9.47 Å². The lowest BCUT2D eigenvalue weighted by atomic mass is 9.95. The molecule has 1 saturated heterocycles. The summed E-state index contributed by atoms with van der Waals surface area (Å²) >= 11 is 0. The largest absolute Gasteiger partial charge is 0.509 e. The van der Waals surface area contributed by atoms with Crippen LogP contribution in [0.2, 0.25) is 0 Å². The number of carbonyl (C=O) groups is 1. The molecule has 0 aromatic heterocycles. The van der Waals surface area contributed by atoms with Crippen LogP contribution in [0.3, 0.4) is 0 Å². The topological polar surface area (TPSA) is 35.5 Å². The Morgan fingerprint density at radius 3 is 2.10 bits per heavy atom. The molecule has 56 valence electrons. The second-order valence-corrected chi connectivity index (χ2v) is 2.85. The number of hydrogen-bond acceptors (Lipinski definition) is 3. The molecule has 0 bridgehead atoms. The molecule has 1 aliphatic carbocycles. The second kappa shape index (κ2) is 2.15. The highest BCUT2D eigenvalue weighted by atomic mass is 16.8. The van der Waals surface area contributed by atoms with Crippen LogP contribution in [0.15, 0.2) is 0 Å². The van der Waals surface area contributed by atoms with Crippen molar-refractivity contribution < 1.29 is 14.3 Å². The van der Waals surface area contributed by atoms with E-state index in [1.807, 2.05) is 0 Å². The van der Waals surface area contributed by atoms with Gasteiger partial charge in [-0.25, -0.2) is 4.79 Å².